The predicted molar refractivity (Wildman–Crippen MR) is 56.6 cm³/mol. The van der Waals surface area contributed by atoms with E-state index >= 15 is 0 Å². The second-order valence-electron chi connectivity index (χ2n) is 2.52. The topological polar surface area (TPSA) is 26.3 Å². The fraction of sp³-hybridized carbons (Fsp3) is 0. The van der Waals surface area contributed by atoms with Crippen LogP contribution in [0.3, 0.4) is 0 Å². The van der Waals surface area contributed by atoms with Gasteiger partial charge in [0.15, 0.2) is 5.22 Å². The third-order valence-electron chi connectivity index (χ3n) is 1.42. The maximum absolute atomic E-state index is 11.0. The highest BCUT2D eigenvalue weighted by Gasteiger charge is 1.97. The van der Waals surface area contributed by atoms with Crippen LogP contribution >= 0.6 is 11.6 Å². The van der Waals surface area contributed by atoms with Gasteiger partial charge in [-0.05, 0) is 29.8 Å². The zero-order chi connectivity index (χ0) is 10.4. The monoisotopic (exact) mass is 208 g/mol. The lowest BCUT2D eigenvalue weighted by Crippen LogP contribution is -1.95. The number of carbonyl (C=O) groups excluding carboxylic acids is 1. The molecule has 0 aliphatic heterocycles. The molecule has 0 saturated heterocycles. The summed E-state index contributed by atoms with van der Waals surface area (Å²) in [5.41, 5.74) is 0.921. The molecule has 0 radical (unpaired) electrons. The van der Waals surface area contributed by atoms with Crippen molar-refractivity contribution < 1.29 is 9.53 Å². The Hall–Kier alpha value is -1.54. The van der Waals surface area contributed by atoms with Gasteiger partial charge in [-0.3, -0.25) is 0 Å². The number of benzene rings is 1. The van der Waals surface area contributed by atoms with Crippen LogP contribution in [0.1, 0.15) is 5.56 Å². The van der Waals surface area contributed by atoms with Crippen molar-refractivity contribution in [2.24, 2.45) is 0 Å². The van der Waals surface area contributed by atoms with Crippen molar-refractivity contribution >= 4 is 23.6 Å². The first-order chi connectivity index (χ1) is 6.68. The molecule has 1 aromatic carbocycles. The molecule has 14 heavy (non-hydrogen) atoms. The van der Waals surface area contributed by atoms with Crippen LogP contribution in [-0.4, -0.2) is 5.97 Å². The Morgan fingerprint density at radius 2 is 2.00 bits per heavy atom. The maximum Gasteiger partial charge on any atom is 0.337 e. The minimum absolute atomic E-state index is 0.132. The summed E-state index contributed by atoms with van der Waals surface area (Å²) >= 11 is 5.28. The Balaban J connectivity index is 2.56. The smallest absolute Gasteiger partial charge is 0.337 e. The van der Waals surface area contributed by atoms with Gasteiger partial charge in [-0.2, -0.15) is 0 Å². The average Bonchev–Trinajstić information content (AvgIpc) is 2.15. The van der Waals surface area contributed by atoms with Crippen LogP contribution in [-0.2, 0) is 9.53 Å². The molecular weight excluding hydrogens is 200 g/mol. The number of halogens is 1. The van der Waals surface area contributed by atoms with Crippen LogP contribution in [0.25, 0.3) is 6.08 Å². The lowest BCUT2D eigenvalue weighted by molar-refractivity contribution is -0.132. The Morgan fingerprint density at radius 3 is 2.57 bits per heavy atom. The highest BCUT2D eigenvalue weighted by atomic mass is 35.5. The van der Waals surface area contributed by atoms with Crippen LogP contribution in [0, 0.1) is 0 Å². The first kappa shape index (κ1) is 10.5. The van der Waals surface area contributed by atoms with E-state index in [0.29, 0.717) is 0 Å². The lowest BCUT2D eigenvalue weighted by atomic mass is 10.2. The van der Waals surface area contributed by atoms with E-state index in [0.717, 1.165) is 5.56 Å². The molecule has 0 fully saturated rings. The molecule has 0 aromatic heterocycles. The zero-order valence-corrected chi connectivity index (χ0v) is 8.20. The number of ether oxygens (including phenoxy) is 1. The van der Waals surface area contributed by atoms with Gasteiger partial charge in [0.1, 0.15) is 0 Å². The van der Waals surface area contributed by atoms with Crippen molar-refractivity contribution in [1.82, 2.24) is 0 Å². The van der Waals surface area contributed by atoms with E-state index in [2.05, 4.69) is 11.3 Å². The van der Waals surface area contributed by atoms with E-state index < -0.39 is 5.97 Å². The van der Waals surface area contributed by atoms with Crippen molar-refractivity contribution in [2.45, 2.75) is 0 Å². The van der Waals surface area contributed by atoms with E-state index in [1.807, 2.05) is 30.3 Å². The fourth-order valence-corrected chi connectivity index (χ4v) is 0.948. The molecule has 1 aromatic rings. The Morgan fingerprint density at radius 1 is 1.36 bits per heavy atom. The van der Waals surface area contributed by atoms with Gasteiger partial charge in [0.25, 0.3) is 0 Å². The third-order valence-corrected chi connectivity index (χ3v) is 1.50. The molecule has 0 N–H and O–H groups in total. The van der Waals surface area contributed by atoms with Gasteiger partial charge >= 0.3 is 5.97 Å². The average molecular weight is 209 g/mol. The van der Waals surface area contributed by atoms with E-state index in [4.69, 9.17) is 11.6 Å². The summed E-state index contributed by atoms with van der Waals surface area (Å²) in [6, 6.07) is 9.41. The van der Waals surface area contributed by atoms with Gasteiger partial charge in [-0.15, -0.1) is 0 Å². The molecule has 0 atom stereocenters. The van der Waals surface area contributed by atoms with Crippen molar-refractivity contribution in [2.75, 3.05) is 0 Å². The Kier molecular flexibility index (Phi) is 3.95. The molecule has 0 spiro atoms. The number of esters is 1. The lowest BCUT2D eigenvalue weighted by Gasteiger charge is -1.95. The molecule has 0 amide bonds. The maximum atomic E-state index is 11.0. The Bertz CT molecular complexity index is 355. The summed E-state index contributed by atoms with van der Waals surface area (Å²) in [7, 11) is 0. The summed E-state index contributed by atoms with van der Waals surface area (Å²) in [6.07, 6.45) is 2.94. The molecular formula is C11H9ClO2. The molecule has 0 bridgehead atoms. The van der Waals surface area contributed by atoms with E-state index in [1.54, 1.807) is 6.08 Å². The molecule has 0 heterocycles. The Labute approximate surface area is 87.5 Å². The molecule has 0 saturated carbocycles. The summed E-state index contributed by atoms with van der Waals surface area (Å²) in [5, 5.41) is -0.132. The number of carbonyl (C=O) groups is 1. The van der Waals surface area contributed by atoms with Crippen molar-refractivity contribution in [3.8, 4) is 0 Å². The molecule has 2 nitrogen and oxygen atoms in total. The molecule has 0 aliphatic rings. The van der Waals surface area contributed by atoms with Crippen LogP contribution in [0.4, 0.5) is 0 Å². The van der Waals surface area contributed by atoms with Crippen LogP contribution < -0.4 is 0 Å². The molecule has 3 heteroatoms. The van der Waals surface area contributed by atoms with Gasteiger partial charge in [-0.1, -0.05) is 30.3 Å². The first-order valence-corrected chi connectivity index (χ1v) is 4.35. The molecule has 0 aliphatic carbocycles. The van der Waals surface area contributed by atoms with Gasteiger partial charge in [-0.25, -0.2) is 4.79 Å². The quantitative estimate of drug-likeness (QED) is 0.434. The van der Waals surface area contributed by atoms with Gasteiger partial charge in [0.05, 0.1) is 0 Å². The first-order valence-electron chi connectivity index (χ1n) is 3.98. The van der Waals surface area contributed by atoms with Gasteiger partial charge < -0.3 is 4.74 Å². The summed E-state index contributed by atoms with van der Waals surface area (Å²) < 4.78 is 4.52. The van der Waals surface area contributed by atoms with Crippen molar-refractivity contribution in [3.63, 3.8) is 0 Å². The van der Waals surface area contributed by atoms with Crippen LogP contribution in [0.5, 0.6) is 0 Å². The van der Waals surface area contributed by atoms with E-state index in [9.17, 15) is 4.79 Å². The second-order valence-corrected chi connectivity index (χ2v) is 2.94. The normalized spacial score (nSPS) is 10.1. The number of hydrogen-bond donors (Lipinski definition) is 0. The predicted octanol–water partition coefficient (Wildman–Crippen LogP) is 2.95. The second kappa shape index (κ2) is 5.25. The van der Waals surface area contributed by atoms with Gasteiger partial charge in [0, 0.05) is 6.08 Å². The third kappa shape index (κ3) is 3.92. The highest BCUT2D eigenvalue weighted by Crippen LogP contribution is 2.03. The van der Waals surface area contributed by atoms with Crippen molar-refractivity contribution in [3.05, 3.63) is 53.8 Å². The van der Waals surface area contributed by atoms with E-state index in [-0.39, 0.29) is 5.22 Å². The molecule has 0 unspecified atom stereocenters. The number of hydrogen-bond acceptors (Lipinski definition) is 2. The highest BCUT2D eigenvalue weighted by molar-refractivity contribution is 6.28. The van der Waals surface area contributed by atoms with Gasteiger partial charge in [0.2, 0.25) is 0 Å². The van der Waals surface area contributed by atoms with E-state index in [1.165, 1.54) is 6.08 Å². The SMILES string of the molecule is C=C(Cl)OC(=O)/C=C/c1ccccc1. The summed E-state index contributed by atoms with van der Waals surface area (Å²) in [6.45, 7) is 3.24. The summed E-state index contributed by atoms with van der Waals surface area (Å²) in [5.74, 6) is -0.533. The zero-order valence-electron chi connectivity index (χ0n) is 7.44. The molecule has 72 valence electrons. The standard InChI is InChI=1S/C11H9ClO2/c1-9(12)14-11(13)8-7-10-5-3-2-4-6-10/h2-8H,1H2/b8-7+. The summed E-state index contributed by atoms with van der Waals surface area (Å²) in [4.78, 5) is 11.0. The minimum Gasteiger partial charge on any atom is -0.412 e. The van der Waals surface area contributed by atoms with Crippen molar-refractivity contribution in [1.29, 1.82) is 0 Å². The fourth-order valence-electron chi connectivity index (χ4n) is 0.872. The van der Waals surface area contributed by atoms with Crippen LogP contribution in [0.2, 0.25) is 0 Å². The largest absolute Gasteiger partial charge is 0.412 e. The molecule has 1 rings (SSSR count). The van der Waals surface area contributed by atoms with Crippen LogP contribution in [0.15, 0.2) is 48.2 Å². The minimum atomic E-state index is -0.533. The number of rotatable bonds is 3.